The molecule has 0 aromatic carbocycles. The van der Waals surface area contributed by atoms with E-state index in [1.165, 1.54) is 6.26 Å². The monoisotopic (exact) mass is 219 g/mol. The molecule has 4 heteroatoms. The highest BCUT2D eigenvalue weighted by atomic mass is 32.2. The van der Waals surface area contributed by atoms with Crippen molar-refractivity contribution < 1.29 is 8.42 Å². The Morgan fingerprint density at radius 2 is 1.93 bits per heavy atom. The van der Waals surface area contributed by atoms with Crippen molar-refractivity contribution in [1.82, 2.24) is 5.32 Å². The predicted molar refractivity (Wildman–Crippen MR) is 61.2 cm³/mol. The van der Waals surface area contributed by atoms with Gasteiger partial charge in [0.1, 0.15) is 0 Å². The Hall–Kier alpha value is -0.350. The lowest BCUT2D eigenvalue weighted by Crippen LogP contribution is -2.41. The summed E-state index contributed by atoms with van der Waals surface area (Å²) in [5.41, 5.74) is 1.11. The zero-order valence-electron chi connectivity index (χ0n) is 9.55. The van der Waals surface area contributed by atoms with E-state index in [9.17, 15) is 8.42 Å². The lowest BCUT2D eigenvalue weighted by atomic mass is 10.2. The number of nitrogens with one attached hydrogen (secondary N) is 1. The normalized spacial score (nSPS) is 12.9. The van der Waals surface area contributed by atoms with Gasteiger partial charge in [0.15, 0.2) is 9.84 Å². The van der Waals surface area contributed by atoms with Crippen molar-refractivity contribution in [2.45, 2.75) is 31.9 Å². The van der Waals surface area contributed by atoms with Crippen molar-refractivity contribution >= 4 is 9.84 Å². The van der Waals surface area contributed by atoms with E-state index < -0.39 is 14.6 Å². The molecule has 0 radical (unpaired) electrons. The Kier molecular flexibility index (Phi) is 4.81. The summed E-state index contributed by atoms with van der Waals surface area (Å²) in [7, 11) is -2.99. The van der Waals surface area contributed by atoms with Gasteiger partial charge in [0, 0.05) is 12.8 Å². The van der Waals surface area contributed by atoms with Crippen molar-refractivity contribution in [2.24, 2.45) is 0 Å². The van der Waals surface area contributed by atoms with Crippen LogP contribution in [0.2, 0.25) is 0 Å². The summed E-state index contributed by atoms with van der Waals surface area (Å²) in [6.07, 6.45) is 2.16. The van der Waals surface area contributed by atoms with Crippen LogP contribution in [0.5, 0.6) is 0 Å². The molecule has 0 heterocycles. The van der Waals surface area contributed by atoms with Gasteiger partial charge in [-0.15, -0.1) is 6.58 Å². The summed E-state index contributed by atoms with van der Waals surface area (Å²) < 4.78 is 22.0. The minimum Gasteiger partial charge on any atom is -0.315 e. The molecule has 0 fully saturated rings. The van der Waals surface area contributed by atoms with Gasteiger partial charge in [0.05, 0.1) is 4.75 Å². The summed E-state index contributed by atoms with van der Waals surface area (Å²) >= 11 is 0. The van der Waals surface area contributed by atoms with Gasteiger partial charge in [0.2, 0.25) is 0 Å². The van der Waals surface area contributed by atoms with Gasteiger partial charge < -0.3 is 5.32 Å². The van der Waals surface area contributed by atoms with Crippen molar-refractivity contribution in [2.75, 3.05) is 19.3 Å². The van der Waals surface area contributed by atoms with Gasteiger partial charge in [0.25, 0.3) is 0 Å². The van der Waals surface area contributed by atoms with Crippen LogP contribution in [0.15, 0.2) is 12.2 Å². The van der Waals surface area contributed by atoms with E-state index in [1.54, 1.807) is 13.8 Å². The summed E-state index contributed by atoms with van der Waals surface area (Å²) in [4.78, 5) is 0. The molecule has 0 saturated heterocycles. The van der Waals surface area contributed by atoms with E-state index >= 15 is 0 Å². The van der Waals surface area contributed by atoms with E-state index in [2.05, 4.69) is 11.9 Å². The highest BCUT2D eigenvalue weighted by molar-refractivity contribution is 7.92. The standard InChI is InChI=1S/C10H21NO2S/c1-9(2)6-7-11-8-10(3,4)14(5,12)13/h11H,1,6-8H2,2-5H3. The second-order valence-electron chi connectivity index (χ2n) is 4.42. The first kappa shape index (κ1) is 13.7. The van der Waals surface area contributed by atoms with E-state index in [0.29, 0.717) is 6.54 Å². The lowest BCUT2D eigenvalue weighted by Gasteiger charge is -2.22. The molecule has 14 heavy (non-hydrogen) atoms. The molecule has 0 amide bonds. The minimum absolute atomic E-state index is 0.485. The Morgan fingerprint density at radius 1 is 1.43 bits per heavy atom. The maximum absolute atomic E-state index is 11.3. The summed E-state index contributed by atoms with van der Waals surface area (Å²) in [6.45, 7) is 10.5. The van der Waals surface area contributed by atoms with Gasteiger partial charge in [-0.05, 0) is 33.7 Å². The van der Waals surface area contributed by atoms with Crippen LogP contribution in [-0.2, 0) is 9.84 Å². The van der Waals surface area contributed by atoms with E-state index in [-0.39, 0.29) is 0 Å². The summed E-state index contributed by atoms with van der Waals surface area (Å²) in [5.74, 6) is 0. The quantitative estimate of drug-likeness (QED) is 0.542. The SMILES string of the molecule is C=C(C)CCNCC(C)(C)S(C)(=O)=O. The zero-order valence-corrected chi connectivity index (χ0v) is 10.4. The first-order valence-corrected chi connectivity index (χ1v) is 6.60. The van der Waals surface area contributed by atoms with Gasteiger partial charge in [-0.3, -0.25) is 0 Å². The topological polar surface area (TPSA) is 46.2 Å². The highest BCUT2D eigenvalue weighted by Gasteiger charge is 2.29. The molecule has 0 bridgehead atoms. The fourth-order valence-corrected chi connectivity index (χ4v) is 1.19. The molecule has 0 spiro atoms. The minimum atomic E-state index is -2.99. The molecule has 3 nitrogen and oxygen atoms in total. The maximum atomic E-state index is 11.3. The first-order valence-electron chi connectivity index (χ1n) is 4.71. The molecule has 84 valence electrons. The van der Waals surface area contributed by atoms with Gasteiger partial charge in [-0.25, -0.2) is 8.42 Å². The molecule has 0 rings (SSSR count). The average Bonchev–Trinajstić information content (AvgIpc) is 1.95. The van der Waals surface area contributed by atoms with Crippen LogP contribution >= 0.6 is 0 Å². The predicted octanol–water partition coefficient (Wildman–Crippen LogP) is 1.37. The van der Waals surface area contributed by atoms with Crippen LogP contribution in [0.4, 0.5) is 0 Å². The average molecular weight is 219 g/mol. The summed E-state index contributed by atoms with van der Waals surface area (Å²) in [5, 5.41) is 3.12. The fourth-order valence-electron chi connectivity index (χ4n) is 0.822. The van der Waals surface area contributed by atoms with Crippen molar-refractivity contribution in [3.8, 4) is 0 Å². The number of hydrogen-bond acceptors (Lipinski definition) is 3. The van der Waals surface area contributed by atoms with Gasteiger partial charge in [-0.1, -0.05) is 5.57 Å². The molecule has 0 aliphatic heterocycles. The van der Waals surface area contributed by atoms with Crippen LogP contribution in [0.1, 0.15) is 27.2 Å². The molecular formula is C10H21NO2S. The van der Waals surface area contributed by atoms with Gasteiger partial charge in [-0.2, -0.15) is 0 Å². The largest absolute Gasteiger partial charge is 0.315 e. The first-order chi connectivity index (χ1) is 6.17. The Labute approximate surface area is 87.5 Å². The lowest BCUT2D eigenvalue weighted by molar-refractivity contribution is 0.522. The molecule has 0 saturated carbocycles. The maximum Gasteiger partial charge on any atom is 0.153 e. The van der Waals surface area contributed by atoms with Gasteiger partial charge >= 0.3 is 0 Å². The Bertz CT molecular complexity index is 291. The molecule has 0 aliphatic rings. The molecule has 1 N–H and O–H groups in total. The highest BCUT2D eigenvalue weighted by Crippen LogP contribution is 2.13. The smallest absolute Gasteiger partial charge is 0.153 e. The number of hydrogen-bond donors (Lipinski definition) is 1. The van der Waals surface area contributed by atoms with E-state index in [4.69, 9.17) is 0 Å². The van der Waals surface area contributed by atoms with E-state index in [1.807, 2.05) is 6.92 Å². The molecule has 0 atom stereocenters. The molecule has 0 aliphatic carbocycles. The van der Waals surface area contributed by atoms with Crippen molar-refractivity contribution in [3.63, 3.8) is 0 Å². The summed E-state index contributed by atoms with van der Waals surface area (Å²) in [6, 6.07) is 0. The number of sulfone groups is 1. The second kappa shape index (κ2) is 4.94. The van der Waals surface area contributed by atoms with Crippen LogP contribution in [0.25, 0.3) is 0 Å². The molecule has 0 aromatic rings. The third kappa shape index (κ3) is 4.77. The van der Waals surface area contributed by atoms with Crippen LogP contribution < -0.4 is 5.32 Å². The van der Waals surface area contributed by atoms with Crippen LogP contribution in [0.3, 0.4) is 0 Å². The second-order valence-corrected chi connectivity index (χ2v) is 7.07. The number of rotatable bonds is 6. The molecular weight excluding hydrogens is 198 g/mol. The van der Waals surface area contributed by atoms with Crippen LogP contribution in [-0.4, -0.2) is 32.5 Å². The fraction of sp³-hybridized carbons (Fsp3) is 0.800. The van der Waals surface area contributed by atoms with Crippen molar-refractivity contribution in [3.05, 3.63) is 12.2 Å². The Balaban J connectivity index is 3.96. The molecule has 0 aromatic heterocycles. The molecule has 0 unspecified atom stereocenters. The Morgan fingerprint density at radius 3 is 2.29 bits per heavy atom. The third-order valence-electron chi connectivity index (χ3n) is 2.28. The third-order valence-corrected chi connectivity index (χ3v) is 4.43. The van der Waals surface area contributed by atoms with E-state index in [0.717, 1.165) is 18.5 Å². The zero-order chi connectivity index (χ0) is 11.4. The van der Waals surface area contributed by atoms with Crippen molar-refractivity contribution in [1.29, 1.82) is 0 Å². The van der Waals surface area contributed by atoms with Crippen LogP contribution in [0, 0.1) is 0 Å².